The number of nitrogens with zero attached hydrogens (tertiary/aromatic N) is 3. The molecular formula is C23H41N4+. The van der Waals surface area contributed by atoms with Gasteiger partial charge in [0.05, 0.1) is 44.8 Å². The molecule has 27 heavy (non-hydrogen) atoms. The molecule has 0 aromatic rings. The third-order valence-corrected chi connectivity index (χ3v) is 6.87. The summed E-state index contributed by atoms with van der Waals surface area (Å²) in [5.41, 5.74) is 9.18. The van der Waals surface area contributed by atoms with Crippen LogP contribution in [-0.2, 0) is 0 Å². The minimum atomic E-state index is 0.105. The number of fused-ring (bicyclic) bond motifs is 1. The predicted molar refractivity (Wildman–Crippen MR) is 118 cm³/mol. The molecule has 2 heterocycles. The average Bonchev–Trinajstić information content (AvgIpc) is 2.99. The maximum atomic E-state index is 6.83. The van der Waals surface area contributed by atoms with Gasteiger partial charge in [-0.15, -0.1) is 0 Å². The van der Waals surface area contributed by atoms with Crippen LogP contribution in [0.15, 0.2) is 41.4 Å². The molecule has 3 fully saturated rings. The van der Waals surface area contributed by atoms with Crippen molar-refractivity contribution in [3.05, 3.63) is 36.5 Å². The second-order valence-electron chi connectivity index (χ2n) is 8.34. The molecule has 2 aliphatic heterocycles. The topological polar surface area (TPSA) is 41.6 Å². The van der Waals surface area contributed by atoms with Crippen LogP contribution in [0, 0.1) is 5.92 Å². The van der Waals surface area contributed by atoms with Crippen molar-refractivity contribution >= 4 is 5.84 Å². The molecular weight excluding hydrogens is 332 g/mol. The molecule has 152 valence electrons. The van der Waals surface area contributed by atoms with Gasteiger partial charge in [0.15, 0.2) is 0 Å². The summed E-state index contributed by atoms with van der Waals surface area (Å²) < 4.78 is 1.22. The molecule has 3 rings (SSSR count). The van der Waals surface area contributed by atoms with E-state index < -0.39 is 0 Å². The highest BCUT2D eigenvalue weighted by Crippen LogP contribution is 2.42. The molecule has 1 saturated carbocycles. The first kappa shape index (κ1) is 21.9. The second kappa shape index (κ2) is 9.20. The summed E-state index contributed by atoms with van der Waals surface area (Å²) in [6, 6.07) is 0. The zero-order valence-electron chi connectivity index (χ0n) is 18.1. The Kier molecular flexibility index (Phi) is 7.47. The van der Waals surface area contributed by atoms with E-state index in [0.29, 0.717) is 0 Å². The predicted octanol–water partition coefficient (Wildman–Crippen LogP) is 3.76. The molecule has 0 radical (unpaired) electrons. The molecule has 0 aromatic carbocycles. The van der Waals surface area contributed by atoms with E-state index in [9.17, 15) is 0 Å². The third-order valence-electron chi connectivity index (χ3n) is 6.87. The minimum Gasteiger partial charge on any atom is -0.345 e. The smallest absolute Gasteiger partial charge is 0.131 e. The quantitative estimate of drug-likeness (QED) is 0.354. The number of piperazine rings is 1. The number of quaternary nitrogens is 1. The first-order valence-corrected chi connectivity index (χ1v) is 10.8. The third kappa shape index (κ3) is 4.38. The first-order valence-electron chi connectivity index (χ1n) is 10.8. The maximum Gasteiger partial charge on any atom is 0.131 e. The summed E-state index contributed by atoms with van der Waals surface area (Å²) in [7, 11) is 1.88. The number of allylic oxidation sites excluding steroid dienone is 2. The highest BCUT2D eigenvalue weighted by Gasteiger charge is 2.54. The van der Waals surface area contributed by atoms with E-state index in [0.717, 1.165) is 36.0 Å². The van der Waals surface area contributed by atoms with Gasteiger partial charge in [0.1, 0.15) is 5.84 Å². The van der Waals surface area contributed by atoms with Crippen LogP contribution in [0.4, 0.5) is 0 Å². The van der Waals surface area contributed by atoms with Crippen LogP contribution in [0.25, 0.3) is 0 Å². The normalized spacial score (nSPS) is 30.8. The van der Waals surface area contributed by atoms with E-state index in [4.69, 9.17) is 5.73 Å². The minimum absolute atomic E-state index is 0.105. The van der Waals surface area contributed by atoms with Crippen molar-refractivity contribution in [2.45, 2.75) is 52.0 Å². The summed E-state index contributed by atoms with van der Waals surface area (Å²) in [6.07, 6.45) is 9.06. The van der Waals surface area contributed by atoms with E-state index >= 15 is 0 Å². The van der Waals surface area contributed by atoms with Crippen LogP contribution in [0.5, 0.6) is 0 Å². The number of rotatable bonds is 3. The lowest BCUT2D eigenvalue weighted by molar-refractivity contribution is -0.922. The Morgan fingerprint density at radius 3 is 2.37 bits per heavy atom. The monoisotopic (exact) mass is 373 g/mol. The van der Waals surface area contributed by atoms with Crippen molar-refractivity contribution < 1.29 is 4.48 Å². The van der Waals surface area contributed by atoms with Crippen molar-refractivity contribution in [2.24, 2.45) is 16.6 Å². The van der Waals surface area contributed by atoms with Gasteiger partial charge in [-0.2, -0.15) is 0 Å². The summed E-state index contributed by atoms with van der Waals surface area (Å²) in [4.78, 5) is 7.02. The Bertz CT molecular complexity index is 595. The van der Waals surface area contributed by atoms with E-state index in [1.807, 2.05) is 33.0 Å². The maximum absolute atomic E-state index is 6.83. The van der Waals surface area contributed by atoms with Crippen LogP contribution in [0.1, 0.15) is 46.5 Å². The van der Waals surface area contributed by atoms with Crippen LogP contribution < -0.4 is 5.73 Å². The van der Waals surface area contributed by atoms with Gasteiger partial charge in [-0.05, 0) is 25.3 Å². The lowest BCUT2D eigenvalue weighted by Gasteiger charge is -2.44. The van der Waals surface area contributed by atoms with E-state index in [1.165, 1.54) is 56.3 Å². The summed E-state index contributed by atoms with van der Waals surface area (Å²) in [6.45, 7) is 20.9. The lowest BCUT2D eigenvalue weighted by Crippen LogP contribution is -2.61. The molecule has 2 atom stereocenters. The molecule has 3 aliphatic rings. The van der Waals surface area contributed by atoms with Crippen molar-refractivity contribution in [3.8, 4) is 0 Å². The van der Waals surface area contributed by atoms with Crippen molar-refractivity contribution in [2.75, 3.05) is 46.3 Å². The van der Waals surface area contributed by atoms with Crippen LogP contribution in [0.2, 0.25) is 0 Å². The van der Waals surface area contributed by atoms with Gasteiger partial charge in [-0.1, -0.05) is 52.0 Å². The molecule has 4 nitrogen and oxygen atoms in total. The molecule has 0 aromatic heterocycles. The van der Waals surface area contributed by atoms with Crippen LogP contribution in [0.3, 0.4) is 0 Å². The molecule has 1 spiro atoms. The average molecular weight is 374 g/mol. The lowest BCUT2D eigenvalue weighted by atomic mass is 9.76. The molecule has 2 saturated heterocycles. The molecule has 0 bridgehead atoms. The fourth-order valence-electron chi connectivity index (χ4n) is 5.39. The van der Waals surface area contributed by atoms with Crippen LogP contribution >= 0.6 is 0 Å². The largest absolute Gasteiger partial charge is 0.345 e. The van der Waals surface area contributed by atoms with Gasteiger partial charge in [0.2, 0.25) is 0 Å². The van der Waals surface area contributed by atoms with Gasteiger partial charge in [0, 0.05) is 18.5 Å². The molecule has 1 aliphatic carbocycles. The molecule has 2 unspecified atom stereocenters. The van der Waals surface area contributed by atoms with E-state index in [2.05, 4.69) is 30.0 Å². The van der Waals surface area contributed by atoms with E-state index in [1.54, 1.807) is 0 Å². The van der Waals surface area contributed by atoms with Crippen molar-refractivity contribution in [3.63, 3.8) is 0 Å². The summed E-state index contributed by atoms with van der Waals surface area (Å²) in [5, 5.41) is 0. The van der Waals surface area contributed by atoms with Crippen molar-refractivity contribution in [1.29, 1.82) is 0 Å². The summed E-state index contributed by atoms with van der Waals surface area (Å²) in [5.74, 6) is 1.79. The highest BCUT2D eigenvalue weighted by atomic mass is 15.4. The Labute approximate surface area is 167 Å². The van der Waals surface area contributed by atoms with Gasteiger partial charge in [0.25, 0.3) is 0 Å². The van der Waals surface area contributed by atoms with Gasteiger partial charge in [-0.3, -0.25) is 4.99 Å². The zero-order chi connectivity index (χ0) is 20.1. The fraction of sp³-hybridized carbons (Fsp3) is 0.696. The van der Waals surface area contributed by atoms with Gasteiger partial charge < -0.3 is 15.1 Å². The molecule has 0 amide bonds. The number of nitrogens with two attached hydrogens (primary N) is 1. The first-order chi connectivity index (χ1) is 13.0. The van der Waals surface area contributed by atoms with E-state index in [-0.39, 0.29) is 5.54 Å². The summed E-state index contributed by atoms with van der Waals surface area (Å²) >= 11 is 0. The van der Waals surface area contributed by atoms with Gasteiger partial charge in [-0.25, -0.2) is 0 Å². The Morgan fingerprint density at radius 1 is 1.19 bits per heavy atom. The van der Waals surface area contributed by atoms with Gasteiger partial charge >= 0.3 is 0 Å². The number of amidine groups is 1. The second-order valence-corrected chi connectivity index (χ2v) is 8.34. The van der Waals surface area contributed by atoms with Crippen LogP contribution in [-0.4, -0.2) is 67.1 Å². The van der Waals surface area contributed by atoms with Crippen molar-refractivity contribution in [1.82, 2.24) is 4.90 Å². The fourth-order valence-corrected chi connectivity index (χ4v) is 5.39. The Morgan fingerprint density at radius 2 is 1.85 bits per heavy atom. The standard InChI is InChI=1S/C21H35N4.C2H6/c1-5-17(3)19(6-2)20(23-4)24-11-13-25(14-12-24)15-18-9-7-8-10-21(18,22)16-25;1-2/h5-6,18H,1-2,7-16,22H2,3-4H3;1-2H3/q+1;/b19-17+,23-20?;. The Hall–Kier alpha value is -1.39. The number of hydrogen-bond acceptors (Lipinski definition) is 2. The number of aliphatic imine (C=N–C) groups is 1. The molecule has 2 N–H and O–H groups in total. The SMILES string of the molecule is C=C/C(C)=C(\C=C)C(=NC)N1CC[N+]2(CC1)CC1CCCCC1(N)C2.CC. The molecule has 4 heteroatoms. The zero-order valence-corrected chi connectivity index (χ0v) is 18.1. The highest BCUT2D eigenvalue weighted by molar-refractivity contribution is 6.01. The number of hydrogen-bond donors (Lipinski definition) is 1. The Balaban J connectivity index is 0.00000126.